The first-order valence-electron chi connectivity index (χ1n) is 3.72. The molecule has 1 aromatic carbocycles. The van der Waals surface area contributed by atoms with E-state index in [9.17, 15) is 4.39 Å². The summed E-state index contributed by atoms with van der Waals surface area (Å²) in [5.41, 5.74) is 1.14. The second-order valence-corrected chi connectivity index (χ2v) is 3.80. The molecule has 58 valence electrons. The minimum Gasteiger partial charge on any atom is -0.206 e. The molecular weight excluding hydrogens is 207 g/mol. The summed E-state index contributed by atoms with van der Waals surface area (Å²) in [5, 5.41) is 0. The van der Waals surface area contributed by atoms with E-state index in [0.717, 1.165) is 5.56 Å². The van der Waals surface area contributed by atoms with Crippen LogP contribution in [0, 0.1) is 5.82 Å². The maximum absolute atomic E-state index is 12.9. The lowest BCUT2D eigenvalue weighted by Gasteiger charge is -1.98. The van der Waals surface area contributed by atoms with Gasteiger partial charge in [0.2, 0.25) is 0 Å². The van der Waals surface area contributed by atoms with E-state index in [0.29, 0.717) is 10.4 Å². The molecule has 0 aliphatic heterocycles. The van der Waals surface area contributed by atoms with Gasteiger partial charge in [0.25, 0.3) is 0 Å². The van der Waals surface area contributed by atoms with Crippen LogP contribution < -0.4 is 0 Å². The summed E-state index contributed by atoms with van der Waals surface area (Å²) in [6.07, 6.45) is 2.45. The number of benzene rings is 1. The molecule has 0 unspecified atom stereocenters. The van der Waals surface area contributed by atoms with Gasteiger partial charge in [0.1, 0.15) is 5.82 Å². The third kappa shape index (κ3) is 1.45. The molecule has 0 nitrogen and oxygen atoms in total. The Morgan fingerprint density at radius 2 is 2.09 bits per heavy atom. The highest BCUT2D eigenvalue weighted by molar-refractivity contribution is 9.10. The summed E-state index contributed by atoms with van der Waals surface area (Å²) in [6, 6.07) is 5.40. The molecule has 2 rings (SSSR count). The van der Waals surface area contributed by atoms with Crippen LogP contribution in [0.4, 0.5) is 4.39 Å². The Balaban J connectivity index is 2.36. The largest absolute Gasteiger partial charge is 0.206 e. The van der Waals surface area contributed by atoms with Gasteiger partial charge in [0.15, 0.2) is 0 Å². The van der Waals surface area contributed by atoms with Crippen molar-refractivity contribution in [2.75, 3.05) is 0 Å². The molecule has 0 heterocycles. The van der Waals surface area contributed by atoms with Gasteiger partial charge in [-0.25, -0.2) is 4.39 Å². The molecule has 0 aromatic heterocycles. The highest BCUT2D eigenvalue weighted by Crippen LogP contribution is 2.40. The van der Waals surface area contributed by atoms with Crippen LogP contribution in [0.25, 0.3) is 0 Å². The molecule has 1 aliphatic carbocycles. The van der Waals surface area contributed by atoms with Crippen molar-refractivity contribution < 1.29 is 4.39 Å². The van der Waals surface area contributed by atoms with E-state index in [1.807, 2.05) is 6.07 Å². The molecule has 0 bridgehead atoms. The molecule has 0 atom stereocenters. The predicted octanol–water partition coefficient (Wildman–Crippen LogP) is 3.47. The van der Waals surface area contributed by atoms with Gasteiger partial charge in [-0.15, -0.1) is 0 Å². The standard InChI is InChI=1S/C9H8BrF/c10-8-4-3-7(5-9(8)11)6-1-2-6/h3-6H,1-2H2. The Labute approximate surface area is 73.6 Å². The van der Waals surface area contributed by atoms with Gasteiger partial charge in [-0.05, 0) is 52.4 Å². The van der Waals surface area contributed by atoms with Gasteiger partial charge in [-0.3, -0.25) is 0 Å². The molecule has 0 radical (unpaired) electrons. The summed E-state index contributed by atoms with van der Waals surface area (Å²) < 4.78 is 13.5. The summed E-state index contributed by atoms with van der Waals surface area (Å²) >= 11 is 3.12. The fourth-order valence-corrected chi connectivity index (χ4v) is 1.43. The Morgan fingerprint density at radius 1 is 1.36 bits per heavy atom. The smallest absolute Gasteiger partial charge is 0.137 e. The van der Waals surface area contributed by atoms with Crippen LogP contribution in [0.5, 0.6) is 0 Å². The fraction of sp³-hybridized carbons (Fsp3) is 0.333. The molecule has 2 heteroatoms. The maximum atomic E-state index is 12.9. The van der Waals surface area contributed by atoms with Crippen LogP contribution in [0.2, 0.25) is 0 Å². The molecule has 0 saturated heterocycles. The minimum atomic E-state index is -0.144. The van der Waals surface area contributed by atoms with Crippen LogP contribution >= 0.6 is 15.9 Å². The lowest BCUT2D eigenvalue weighted by Crippen LogP contribution is -1.82. The first-order chi connectivity index (χ1) is 5.27. The number of hydrogen-bond donors (Lipinski definition) is 0. The molecule has 1 saturated carbocycles. The highest BCUT2D eigenvalue weighted by atomic mass is 79.9. The van der Waals surface area contributed by atoms with Crippen molar-refractivity contribution in [3.63, 3.8) is 0 Å². The average Bonchev–Trinajstić information content (AvgIpc) is 2.77. The average molecular weight is 215 g/mol. The van der Waals surface area contributed by atoms with Gasteiger partial charge < -0.3 is 0 Å². The first-order valence-corrected chi connectivity index (χ1v) is 4.51. The minimum absolute atomic E-state index is 0.144. The van der Waals surface area contributed by atoms with Crippen LogP contribution in [0.1, 0.15) is 24.3 Å². The van der Waals surface area contributed by atoms with Crippen molar-refractivity contribution in [3.05, 3.63) is 34.1 Å². The summed E-state index contributed by atoms with van der Waals surface area (Å²) in [6.45, 7) is 0. The predicted molar refractivity (Wildman–Crippen MR) is 46.1 cm³/mol. The van der Waals surface area contributed by atoms with E-state index in [1.165, 1.54) is 12.8 Å². The molecule has 0 amide bonds. The highest BCUT2D eigenvalue weighted by Gasteiger charge is 2.23. The Hall–Kier alpha value is -0.370. The second-order valence-electron chi connectivity index (χ2n) is 2.95. The molecule has 1 fully saturated rings. The SMILES string of the molecule is Fc1cc(C2CC2)ccc1Br. The van der Waals surface area contributed by atoms with Crippen molar-refractivity contribution >= 4 is 15.9 Å². The molecule has 0 spiro atoms. The third-order valence-corrected chi connectivity index (χ3v) is 2.64. The van der Waals surface area contributed by atoms with Crippen molar-refractivity contribution in [1.82, 2.24) is 0 Å². The van der Waals surface area contributed by atoms with Gasteiger partial charge >= 0.3 is 0 Å². The van der Waals surface area contributed by atoms with E-state index in [1.54, 1.807) is 12.1 Å². The van der Waals surface area contributed by atoms with E-state index >= 15 is 0 Å². The van der Waals surface area contributed by atoms with Crippen molar-refractivity contribution in [3.8, 4) is 0 Å². The molecule has 11 heavy (non-hydrogen) atoms. The van der Waals surface area contributed by atoms with E-state index < -0.39 is 0 Å². The van der Waals surface area contributed by atoms with Crippen molar-refractivity contribution in [2.45, 2.75) is 18.8 Å². The lowest BCUT2D eigenvalue weighted by molar-refractivity contribution is 0.619. The van der Waals surface area contributed by atoms with Gasteiger partial charge in [-0.2, -0.15) is 0 Å². The van der Waals surface area contributed by atoms with Gasteiger partial charge in [0, 0.05) is 0 Å². The van der Waals surface area contributed by atoms with Gasteiger partial charge in [0.05, 0.1) is 4.47 Å². The quantitative estimate of drug-likeness (QED) is 0.672. The molecule has 0 N–H and O–H groups in total. The Kier molecular flexibility index (Phi) is 1.72. The molecule has 1 aromatic rings. The Morgan fingerprint density at radius 3 is 2.64 bits per heavy atom. The van der Waals surface area contributed by atoms with Crippen LogP contribution in [-0.4, -0.2) is 0 Å². The Bertz CT molecular complexity index is 279. The second kappa shape index (κ2) is 2.59. The number of rotatable bonds is 1. The van der Waals surface area contributed by atoms with Crippen LogP contribution in [0.3, 0.4) is 0 Å². The summed E-state index contributed by atoms with van der Waals surface area (Å²) in [4.78, 5) is 0. The van der Waals surface area contributed by atoms with E-state index in [-0.39, 0.29) is 5.82 Å². The zero-order valence-corrected chi connectivity index (χ0v) is 7.57. The zero-order valence-electron chi connectivity index (χ0n) is 5.98. The van der Waals surface area contributed by atoms with Crippen LogP contribution in [-0.2, 0) is 0 Å². The van der Waals surface area contributed by atoms with E-state index in [4.69, 9.17) is 0 Å². The lowest BCUT2D eigenvalue weighted by atomic mass is 10.1. The third-order valence-electron chi connectivity index (χ3n) is 1.99. The topological polar surface area (TPSA) is 0 Å². The first kappa shape index (κ1) is 7.29. The number of halogens is 2. The van der Waals surface area contributed by atoms with Crippen molar-refractivity contribution in [2.24, 2.45) is 0 Å². The zero-order chi connectivity index (χ0) is 7.84. The van der Waals surface area contributed by atoms with Gasteiger partial charge in [-0.1, -0.05) is 6.07 Å². The monoisotopic (exact) mass is 214 g/mol. The maximum Gasteiger partial charge on any atom is 0.137 e. The van der Waals surface area contributed by atoms with Crippen LogP contribution in [0.15, 0.2) is 22.7 Å². The van der Waals surface area contributed by atoms with Crippen molar-refractivity contribution in [1.29, 1.82) is 0 Å². The number of hydrogen-bond acceptors (Lipinski definition) is 0. The molecular formula is C9H8BrF. The summed E-state index contributed by atoms with van der Waals surface area (Å²) in [7, 11) is 0. The molecule has 1 aliphatic rings. The summed E-state index contributed by atoms with van der Waals surface area (Å²) in [5.74, 6) is 0.493. The normalized spacial score (nSPS) is 16.9. The van der Waals surface area contributed by atoms with E-state index in [2.05, 4.69) is 15.9 Å². The fourth-order valence-electron chi connectivity index (χ4n) is 1.18.